The number of piperidine rings is 1. The van der Waals surface area contributed by atoms with Crippen molar-refractivity contribution in [2.45, 2.75) is 26.3 Å². The third kappa shape index (κ3) is 5.78. The molecule has 0 saturated carbocycles. The van der Waals surface area contributed by atoms with Crippen molar-refractivity contribution in [2.24, 2.45) is 11.0 Å². The molecule has 1 atom stereocenters. The molecule has 34 heavy (non-hydrogen) atoms. The number of nitrogens with one attached hydrogen (secondary N) is 1. The molecule has 1 aliphatic heterocycles. The van der Waals surface area contributed by atoms with E-state index in [1.807, 2.05) is 71.5 Å². The second-order valence-corrected chi connectivity index (χ2v) is 10.6. The monoisotopic (exact) mass is 479 g/mol. The van der Waals surface area contributed by atoms with Crippen molar-refractivity contribution in [1.29, 1.82) is 0 Å². The summed E-state index contributed by atoms with van der Waals surface area (Å²) < 4.78 is 27.6. The van der Waals surface area contributed by atoms with Crippen molar-refractivity contribution in [3.8, 4) is 11.3 Å². The summed E-state index contributed by atoms with van der Waals surface area (Å²) in [6, 6.07) is 19.9. The first-order chi connectivity index (χ1) is 16.5. The van der Waals surface area contributed by atoms with Crippen LogP contribution in [-0.4, -0.2) is 53.5 Å². The van der Waals surface area contributed by atoms with Gasteiger partial charge in [0.1, 0.15) is 5.69 Å². The number of hydrazone groups is 1. The summed E-state index contributed by atoms with van der Waals surface area (Å²) in [6.07, 6.45) is 4.80. The minimum Gasteiger partial charge on any atom is -0.273 e. The van der Waals surface area contributed by atoms with Gasteiger partial charge in [-0.05, 0) is 25.3 Å². The average Bonchev–Trinajstić information content (AvgIpc) is 3.27. The maximum absolute atomic E-state index is 12.7. The number of hydrogen-bond acceptors (Lipinski definition) is 5. The number of benzene rings is 2. The van der Waals surface area contributed by atoms with Crippen LogP contribution in [-0.2, 0) is 21.4 Å². The van der Waals surface area contributed by atoms with Crippen LogP contribution in [0.2, 0.25) is 0 Å². The first kappa shape index (κ1) is 23.8. The molecule has 4 rings (SSSR count). The fourth-order valence-electron chi connectivity index (χ4n) is 4.05. The van der Waals surface area contributed by atoms with Crippen LogP contribution < -0.4 is 5.43 Å². The van der Waals surface area contributed by atoms with E-state index >= 15 is 0 Å². The molecule has 3 aromatic rings. The highest BCUT2D eigenvalue weighted by Gasteiger charge is 2.31. The molecule has 1 saturated heterocycles. The summed E-state index contributed by atoms with van der Waals surface area (Å²) in [5, 5.41) is 8.93. The highest BCUT2D eigenvalue weighted by Crippen LogP contribution is 2.22. The molecule has 0 radical (unpaired) electrons. The standard InChI is InChI=1S/C25H29N5O3S/c1-2-34(32,33)30-15-9-14-22(19-30)25(31)27-26-16-23-18-29(17-20-10-5-3-6-11-20)28-24(23)21-12-7-4-8-13-21/h3-8,10-13,16,18,22H,2,9,14-15,17,19H2,1H3,(H,27,31). The summed E-state index contributed by atoms with van der Waals surface area (Å²) in [4.78, 5) is 12.7. The predicted octanol–water partition coefficient (Wildman–Crippen LogP) is 3.11. The van der Waals surface area contributed by atoms with Crippen LogP contribution in [0.15, 0.2) is 72.0 Å². The van der Waals surface area contributed by atoms with Crippen molar-refractivity contribution in [3.63, 3.8) is 0 Å². The molecule has 9 heteroatoms. The van der Waals surface area contributed by atoms with Gasteiger partial charge >= 0.3 is 0 Å². The molecular formula is C25H29N5O3S. The van der Waals surface area contributed by atoms with Crippen molar-refractivity contribution in [1.82, 2.24) is 19.5 Å². The molecule has 0 aliphatic carbocycles. The van der Waals surface area contributed by atoms with Crippen molar-refractivity contribution < 1.29 is 13.2 Å². The second-order valence-electron chi connectivity index (χ2n) is 8.31. The number of nitrogens with zero attached hydrogens (tertiary/aromatic N) is 4. The van der Waals surface area contributed by atoms with Crippen molar-refractivity contribution in [3.05, 3.63) is 78.0 Å². The summed E-state index contributed by atoms with van der Waals surface area (Å²) in [7, 11) is -3.31. The first-order valence-corrected chi connectivity index (χ1v) is 13.0. The molecule has 1 aliphatic rings. The van der Waals surface area contributed by atoms with Gasteiger partial charge in [-0.2, -0.15) is 10.2 Å². The number of carbonyl (C=O) groups excluding carboxylic acids is 1. The molecule has 0 bridgehead atoms. The molecule has 1 aromatic heterocycles. The molecule has 1 unspecified atom stereocenters. The number of hydrogen-bond donors (Lipinski definition) is 1. The van der Waals surface area contributed by atoms with Crippen LogP contribution >= 0.6 is 0 Å². The van der Waals surface area contributed by atoms with E-state index < -0.39 is 15.9 Å². The van der Waals surface area contributed by atoms with E-state index in [0.29, 0.717) is 25.9 Å². The van der Waals surface area contributed by atoms with E-state index in [1.54, 1.807) is 13.1 Å². The van der Waals surface area contributed by atoms with Crippen LogP contribution in [0.1, 0.15) is 30.9 Å². The third-order valence-electron chi connectivity index (χ3n) is 5.92. The molecule has 1 amide bonds. The minimum atomic E-state index is -3.31. The molecule has 1 N–H and O–H groups in total. The predicted molar refractivity (Wildman–Crippen MR) is 133 cm³/mol. The van der Waals surface area contributed by atoms with E-state index in [2.05, 4.69) is 10.5 Å². The minimum absolute atomic E-state index is 0.0364. The van der Waals surface area contributed by atoms with E-state index in [0.717, 1.165) is 22.4 Å². The number of amides is 1. The Morgan fingerprint density at radius 3 is 2.56 bits per heavy atom. The molecule has 2 aromatic carbocycles. The van der Waals surface area contributed by atoms with Gasteiger partial charge < -0.3 is 0 Å². The molecule has 8 nitrogen and oxygen atoms in total. The van der Waals surface area contributed by atoms with E-state index in [1.165, 1.54) is 4.31 Å². The van der Waals surface area contributed by atoms with Crippen LogP contribution in [0.4, 0.5) is 0 Å². The van der Waals surface area contributed by atoms with Crippen LogP contribution in [0.5, 0.6) is 0 Å². The zero-order valence-corrected chi connectivity index (χ0v) is 20.0. The van der Waals surface area contributed by atoms with Crippen LogP contribution in [0, 0.1) is 5.92 Å². The molecule has 1 fully saturated rings. The van der Waals surface area contributed by atoms with Gasteiger partial charge in [0.15, 0.2) is 0 Å². The lowest BCUT2D eigenvalue weighted by Crippen LogP contribution is -2.45. The summed E-state index contributed by atoms with van der Waals surface area (Å²) >= 11 is 0. The number of sulfonamides is 1. The van der Waals surface area contributed by atoms with Crippen LogP contribution in [0.3, 0.4) is 0 Å². The molecule has 2 heterocycles. The van der Waals surface area contributed by atoms with Gasteiger partial charge in [0.25, 0.3) is 0 Å². The van der Waals surface area contributed by atoms with Crippen molar-refractivity contribution in [2.75, 3.05) is 18.8 Å². The SMILES string of the molecule is CCS(=O)(=O)N1CCCC(C(=O)NN=Cc2cn(Cc3ccccc3)nc2-c2ccccc2)C1. The van der Waals surface area contributed by atoms with Gasteiger partial charge in [-0.15, -0.1) is 0 Å². The third-order valence-corrected chi connectivity index (χ3v) is 7.76. The maximum atomic E-state index is 12.7. The second kappa shape index (κ2) is 10.8. The summed E-state index contributed by atoms with van der Waals surface area (Å²) in [6.45, 7) is 2.89. The van der Waals surface area contributed by atoms with E-state index in [-0.39, 0.29) is 18.2 Å². The summed E-state index contributed by atoms with van der Waals surface area (Å²) in [5.41, 5.74) is 6.23. The Morgan fingerprint density at radius 1 is 1.15 bits per heavy atom. The normalized spacial score (nSPS) is 17.1. The Balaban J connectivity index is 1.48. The highest BCUT2D eigenvalue weighted by atomic mass is 32.2. The molecule has 178 valence electrons. The largest absolute Gasteiger partial charge is 0.273 e. The zero-order chi connectivity index (χ0) is 24.0. The number of carbonyl (C=O) groups is 1. The Bertz CT molecular complexity index is 1240. The van der Waals surface area contributed by atoms with Gasteiger partial charge in [0.05, 0.1) is 24.4 Å². The number of rotatable bonds is 8. The van der Waals surface area contributed by atoms with Gasteiger partial charge in [-0.25, -0.2) is 18.1 Å². The quantitative estimate of drug-likeness (QED) is 0.397. The fourth-order valence-corrected chi connectivity index (χ4v) is 5.23. The Labute approximate surface area is 200 Å². The molecule has 0 spiro atoms. The lowest BCUT2D eigenvalue weighted by molar-refractivity contribution is -0.126. The van der Waals surface area contributed by atoms with Crippen LogP contribution in [0.25, 0.3) is 11.3 Å². The first-order valence-electron chi connectivity index (χ1n) is 11.4. The van der Waals surface area contributed by atoms with E-state index in [9.17, 15) is 13.2 Å². The lowest BCUT2D eigenvalue weighted by atomic mass is 9.99. The zero-order valence-electron chi connectivity index (χ0n) is 19.2. The Morgan fingerprint density at radius 2 is 1.85 bits per heavy atom. The lowest BCUT2D eigenvalue weighted by Gasteiger charge is -2.30. The topological polar surface area (TPSA) is 96.7 Å². The number of aromatic nitrogens is 2. The highest BCUT2D eigenvalue weighted by molar-refractivity contribution is 7.89. The van der Waals surface area contributed by atoms with Gasteiger partial charge in [-0.1, -0.05) is 60.7 Å². The molecular weight excluding hydrogens is 450 g/mol. The fraction of sp³-hybridized carbons (Fsp3) is 0.320. The summed E-state index contributed by atoms with van der Waals surface area (Å²) in [5.74, 6) is -0.652. The van der Waals surface area contributed by atoms with Crippen molar-refractivity contribution >= 4 is 22.1 Å². The maximum Gasteiger partial charge on any atom is 0.244 e. The van der Waals surface area contributed by atoms with Gasteiger partial charge in [0, 0.05) is 30.4 Å². The van der Waals surface area contributed by atoms with E-state index in [4.69, 9.17) is 5.10 Å². The smallest absolute Gasteiger partial charge is 0.244 e. The Hall–Kier alpha value is -3.30. The van der Waals surface area contributed by atoms with Gasteiger partial charge in [-0.3, -0.25) is 9.48 Å². The van der Waals surface area contributed by atoms with Gasteiger partial charge in [0.2, 0.25) is 15.9 Å². The average molecular weight is 480 g/mol. The Kier molecular flexibility index (Phi) is 7.54.